The van der Waals surface area contributed by atoms with Gasteiger partial charge >= 0.3 is 6.55 Å². The number of hydrazine groups is 1. The molecule has 0 bridgehead atoms. The SMILES string of the molecule is COc1cc(C#N)cc(C)c1C(=O)NC1CCC2NNC(c3cnn(C(F)F)c3)C2C1. The zero-order chi connectivity index (χ0) is 22.1. The lowest BCUT2D eigenvalue weighted by Gasteiger charge is -2.33. The number of hydrogen-bond donors (Lipinski definition) is 3. The number of nitriles is 1. The third kappa shape index (κ3) is 4.11. The Bertz CT molecular complexity index is 1020. The fourth-order valence-corrected chi connectivity index (χ4v) is 4.67. The van der Waals surface area contributed by atoms with Gasteiger partial charge in [-0.3, -0.25) is 10.2 Å². The van der Waals surface area contributed by atoms with Crippen molar-refractivity contribution >= 4 is 5.91 Å². The first-order valence-electron chi connectivity index (χ1n) is 10.1. The molecule has 1 saturated heterocycles. The quantitative estimate of drug-likeness (QED) is 0.674. The van der Waals surface area contributed by atoms with E-state index in [2.05, 4.69) is 27.3 Å². The van der Waals surface area contributed by atoms with E-state index >= 15 is 0 Å². The Morgan fingerprint density at radius 3 is 2.87 bits per heavy atom. The number of aromatic nitrogens is 2. The molecular formula is C21H24F2N6O2. The molecule has 8 nitrogen and oxygen atoms in total. The largest absolute Gasteiger partial charge is 0.496 e. The van der Waals surface area contributed by atoms with E-state index in [1.807, 2.05) is 0 Å². The monoisotopic (exact) mass is 430 g/mol. The van der Waals surface area contributed by atoms with Gasteiger partial charge in [-0.1, -0.05) is 0 Å². The smallest absolute Gasteiger partial charge is 0.333 e. The zero-order valence-corrected chi connectivity index (χ0v) is 17.2. The molecule has 10 heteroatoms. The van der Waals surface area contributed by atoms with Crippen LogP contribution >= 0.6 is 0 Å². The molecule has 3 N–H and O–H groups in total. The summed E-state index contributed by atoms with van der Waals surface area (Å²) in [4.78, 5) is 13.0. The highest BCUT2D eigenvalue weighted by Gasteiger charge is 2.42. The first kappa shape index (κ1) is 21.2. The normalized spacial score (nSPS) is 25.2. The van der Waals surface area contributed by atoms with Gasteiger partial charge in [-0.15, -0.1) is 0 Å². The molecule has 2 fully saturated rings. The molecule has 0 spiro atoms. The predicted octanol–water partition coefficient (Wildman–Crippen LogP) is 2.58. The third-order valence-electron chi connectivity index (χ3n) is 6.14. The molecule has 4 rings (SSSR count). The molecule has 1 aromatic carbocycles. The molecule has 0 radical (unpaired) electrons. The lowest BCUT2D eigenvalue weighted by molar-refractivity contribution is 0.0564. The van der Waals surface area contributed by atoms with Crippen LogP contribution in [-0.2, 0) is 0 Å². The Hall–Kier alpha value is -3.03. The number of methoxy groups -OCH3 is 1. The van der Waals surface area contributed by atoms with Crippen LogP contribution in [0.4, 0.5) is 8.78 Å². The number of aryl methyl sites for hydroxylation is 1. The van der Waals surface area contributed by atoms with Crippen molar-refractivity contribution in [2.45, 2.75) is 50.9 Å². The van der Waals surface area contributed by atoms with E-state index in [9.17, 15) is 13.6 Å². The van der Waals surface area contributed by atoms with Gasteiger partial charge in [-0.25, -0.2) is 10.1 Å². The van der Waals surface area contributed by atoms with Crippen molar-refractivity contribution in [3.8, 4) is 11.8 Å². The Morgan fingerprint density at radius 1 is 1.39 bits per heavy atom. The minimum absolute atomic E-state index is 0.0668. The first-order chi connectivity index (χ1) is 14.9. The van der Waals surface area contributed by atoms with Crippen molar-refractivity contribution in [3.63, 3.8) is 0 Å². The molecule has 1 aliphatic heterocycles. The van der Waals surface area contributed by atoms with Gasteiger partial charge in [-0.2, -0.15) is 19.1 Å². The maximum absolute atomic E-state index is 13.0. The number of halogens is 2. The van der Waals surface area contributed by atoms with Gasteiger partial charge in [0.05, 0.1) is 36.5 Å². The summed E-state index contributed by atoms with van der Waals surface area (Å²) >= 11 is 0. The van der Waals surface area contributed by atoms with Gasteiger partial charge in [0.2, 0.25) is 0 Å². The molecule has 1 aliphatic carbocycles. The van der Waals surface area contributed by atoms with Gasteiger partial charge in [-0.05, 0) is 49.8 Å². The summed E-state index contributed by atoms with van der Waals surface area (Å²) in [5.41, 5.74) is 8.67. The van der Waals surface area contributed by atoms with Crippen LogP contribution in [0.1, 0.15) is 58.9 Å². The van der Waals surface area contributed by atoms with Crippen LogP contribution in [0.2, 0.25) is 0 Å². The average Bonchev–Trinajstić information content (AvgIpc) is 3.39. The second-order valence-electron chi connectivity index (χ2n) is 8.03. The van der Waals surface area contributed by atoms with E-state index in [-0.39, 0.29) is 30.0 Å². The Labute approximate surface area is 178 Å². The van der Waals surface area contributed by atoms with Gasteiger partial charge in [0.15, 0.2) is 0 Å². The lowest BCUT2D eigenvalue weighted by atomic mass is 9.77. The van der Waals surface area contributed by atoms with Crippen molar-refractivity contribution in [1.29, 1.82) is 5.26 Å². The maximum atomic E-state index is 13.0. The zero-order valence-electron chi connectivity index (χ0n) is 17.2. The molecule has 1 saturated carbocycles. The summed E-state index contributed by atoms with van der Waals surface area (Å²) in [6, 6.07) is 5.25. The highest BCUT2D eigenvalue weighted by Crippen LogP contribution is 2.38. The number of alkyl halides is 2. The van der Waals surface area contributed by atoms with Crippen molar-refractivity contribution in [2.75, 3.05) is 7.11 Å². The minimum atomic E-state index is -2.68. The molecular weight excluding hydrogens is 406 g/mol. The Balaban J connectivity index is 1.48. The number of nitrogens with zero attached hydrogens (tertiary/aromatic N) is 3. The molecule has 4 unspecified atom stereocenters. The molecule has 2 heterocycles. The third-order valence-corrected chi connectivity index (χ3v) is 6.14. The predicted molar refractivity (Wildman–Crippen MR) is 107 cm³/mol. The highest BCUT2D eigenvalue weighted by atomic mass is 19.3. The molecule has 2 aliphatic rings. The number of amides is 1. The van der Waals surface area contributed by atoms with Crippen molar-refractivity contribution < 1.29 is 18.3 Å². The highest BCUT2D eigenvalue weighted by molar-refractivity contribution is 5.98. The number of ether oxygens (including phenoxy) is 1. The summed E-state index contributed by atoms with van der Waals surface area (Å²) < 4.78 is 31.8. The van der Waals surface area contributed by atoms with Crippen LogP contribution in [0, 0.1) is 24.2 Å². The number of fused-ring (bicyclic) bond motifs is 1. The van der Waals surface area contributed by atoms with Crippen LogP contribution < -0.4 is 20.9 Å². The summed E-state index contributed by atoms with van der Waals surface area (Å²) in [5, 5.41) is 16.0. The summed E-state index contributed by atoms with van der Waals surface area (Å²) in [5.74, 6) is 0.242. The fraction of sp³-hybridized carbons (Fsp3) is 0.476. The van der Waals surface area contributed by atoms with Crippen molar-refractivity contribution in [1.82, 2.24) is 25.9 Å². The number of hydrogen-bond acceptors (Lipinski definition) is 6. The average molecular weight is 430 g/mol. The van der Waals surface area contributed by atoms with Gasteiger partial charge in [0.1, 0.15) is 5.75 Å². The van der Waals surface area contributed by atoms with E-state index in [4.69, 9.17) is 10.00 Å². The fourth-order valence-electron chi connectivity index (χ4n) is 4.67. The standard InChI is InChI=1S/C21H24F2N6O2/c1-11-5-12(8-24)6-17(31-2)18(11)20(30)26-14-3-4-16-15(7-14)19(28-27-16)13-9-25-29(10-13)21(22)23/h5-6,9-10,14-16,19,21,27-28H,3-4,7H2,1-2H3,(H,26,30). The van der Waals surface area contributed by atoms with Gasteiger partial charge < -0.3 is 10.1 Å². The minimum Gasteiger partial charge on any atom is -0.496 e. The number of benzene rings is 1. The van der Waals surface area contributed by atoms with E-state index in [1.165, 1.54) is 19.5 Å². The molecule has 31 heavy (non-hydrogen) atoms. The Kier molecular flexibility index (Phi) is 5.89. The van der Waals surface area contributed by atoms with Gasteiger partial charge in [0.25, 0.3) is 5.91 Å². The van der Waals surface area contributed by atoms with E-state index < -0.39 is 6.55 Å². The number of carbonyl (C=O) groups excluding carboxylic acids is 1. The molecule has 4 atom stereocenters. The lowest BCUT2D eigenvalue weighted by Crippen LogP contribution is -2.44. The summed E-state index contributed by atoms with van der Waals surface area (Å²) in [6.07, 6.45) is 5.15. The molecule has 2 aromatic rings. The second-order valence-corrected chi connectivity index (χ2v) is 8.03. The van der Waals surface area contributed by atoms with E-state index in [1.54, 1.807) is 19.1 Å². The van der Waals surface area contributed by atoms with E-state index in [0.29, 0.717) is 39.1 Å². The summed E-state index contributed by atoms with van der Waals surface area (Å²) in [6.45, 7) is -0.903. The van der Waals surface area contributed by atoms with Crippen molar-refractivity contribution in [2.24, 2.45) is 5.92 Å². The molecule has 164 valence electrons. The maximum Gasteiger partial charge on any atom is 0.333 e. The van der Waals surface area contributed by atoms with Crippen LogP contribution in [-0.4, -0.2) is 34.9 Å². The van der Waals surface area contributed by atoms with Crippen molar-refractivity contribution in [3.05, 3.63) is 46.8 Å². The van der Waals surface area contributed by atoms with E-state index in [0.717, 1.165) is 12.8 Å². The first-order valence-corrected chi connectivity index (χ1v) is 10.1. The topological polar surface area (TPSA) is 104 Å². The molecule has 1 aromatic heterocycles. The summed E-state index contributed by atoms with van der Waals surface area (Å²) in [7, 11) is 1.47. The Morgan fingerprint density at radius 2 is 2.19 bits per heavy atom. The molecule has 1 amide bonds. The van der Waals surface area contributed by atoms with Crippen LogP contribution in [0.15, 0.2) is 24.5 Å². The second kappa shape index (κ2) is 8.61. The van der Waals surface area contributed by atoms with Crippen LogP contribution in [0.25, 0.3) is 0 Å². The number of nitrogens with one attached hydrogen (secondary N) is 3. The number of carbonyl (C=O) groups is 1. The van der Waals surface area contributed by atoms with Gasteiger partial charge in [0, 0.05) is 23.8 Å². The van der Waals surface area contributed by atoms with Crippen LogP contribution in [0.3, 0.4) is 0 Å². The number of rotatable bonds is 5. The van der Waals surface area contributed by atoms with Crippen LogP contribution in [0.5, 0.6) is 5.75 Å².